The number of aryl methyl sites for hydroxylation is 1. The van der Waals surface area contributed by atoms with Crippen molar-refractivity contribution in [1.82, 2.24) is 19.9 Å². The summed E-state index contributed by atoms with van der Waals surface area (Å²) in [5.74, 6) is 0.0951. The number of halogens is 4. The zero-order valence-corrected chi connectivity index (χ0v) is 19.8. The van der Waals surface area contributed by atoms with E-state index >= 15 is 0 Å². The van der Waals surface area contributed by atoms with Crippen molar-refractivity contribution < 1.29 is 27.1 Å². The van der Waals surface area contributed by atoms with Crippen molar-refractivity contribution in [1.29, 1.82) is 0 Å². The quantitative estimate of drug-likeness (QED) is 0.389. The van der Waals surface area contributed by atoms with Gasteiger partial charge in [-0.2, -0.15) is 18.2 Å². The van der Waals surface area contributed by atoms with E-state index in [2.05, 4.69) is 25.3 Å². The molecule has 0 spiro atoms. The number of nitrogens with zero attached hydrogens (tertiary/aromatic N) is 6. The molecule has 9 nitrogen and oxygen atoms in total. The molecule has 2 aliphatic heterocycles. The lowest BCUT2D eigenvalue weighted by Crippen LogP contribution is -2.46. The SMILES string of the molecule is C/C(F)=C1/C(=O)N2CCCc3nc(NCc4ccc(Oc5ccc(C(F)(F)F)nc5)nc4)nc(c32)N1C. The fourth-order valence-electron chi connectivity index (χ4n) is 4.21. The van der Waals surface area contributed by atoms with Gasteiger partial charge >= 0.3 is 6.18 Å². The number of aromatic nitrogens is 4. The first-order valence-corrected chi connectivity index (χ1v) is 11.3. The second-order valence-corrected chi connectivity index (χ2v) is 8.50. The van der Waals surface area contributed by atoms with E-state index in [9.17, 15) is 22.4 Å². The van der Waals surface area contributed by atoms with Crippen LogP contribution in [0.3, 0.4) is 0 Å². The number of amides is 1. The average molecular weight is 515 g/mol. The lowest BCUT2D eigenvalue weighted by molar-refractivity contribution is -0.141. The zero-order valence-electron chi connectivity index (χ0n) is 19.8. The molecule has 0 radical (unpaired) electrons. The van der Waals surface area contributed by atoms with Crippen LogP contribution in [0.15, 0.2) is 48.2 Å². The summed E-state index contributed by atoms with van der Waals surface area (Å²) >= 11 is 0. The molecule has 0 saturated carbocycles. The summed E-state index contributed by atoms with van der Waals surface area (Å²) in [7, 11) is 1.60. The number of likely N-dealkylation sites (N-methyl/N-ethyl adjacent to an activating group) is 1. The molecule has 0 saturated heterocycles. The molecule has 5 rings (SSSR count). The van der Waals surface area contributed by atoms with E-state index in [0.29, 0.717) is 49.1 Å². The van der Waals surface area contributed by atoms with Crippen LogP contribution in [-0.2, 0) is 23.9 Å². The Morgan fingerprint density at radius 2 is 1.95 bits per heavy atom. The third-order valence-corrected chi connectivity index (χ3v) is 5.93. The predicted octanol–water partition coefficient (Wildman–Crippen LogP) is 4.62. The molecule has 37 heavy (non-hydrogen) atoms. The largest absolute Gasteiger partial charge is 0.437 e. The summed E-state index contributed by atoms with van der Waals surface area (Å²) in [6.07, 6.45) is -0.630. The van der Waals surface area contributed by atoms with Crippen molar-refractivity contribution in [2.24, 2.45) is 0 Å². The summed E-state index contributed by atoms with van der Waals surface area (Å²) in [6, 6.07) is 5.31. The Morgan fingerprint density at radius 1 is 1.14 bits per heavy atom. The summed E-state index contributed by atoms with van der Waals surface area (Å²) in [5.41, 5.74) is 1.02. The molecule has 5 heterocycles. The van der Waals surface area contributed by atoms with Gasteiger partial charge in [0, 0.05) is 32.4 Å². The van der Waals surface area contributed by atoms with Gasteiger partial charge in [0.25, 0.3) is 5.91 Å². The standard InChI is InChI=1S/C24H21F4N7O2/c1-13(25)19-22(36)35-9-3-4-16-20(35)21(34(19)2)33-23(32-16)31-11-14-5-8-18(30-10-14)37-15-6-7-17(29-12-15)24(26,27)28/h5-8,10,12H,3-4,9,11H2,1-2H3,(H,31,32,33)/b19-13+. The maximum atomic E-state index is 14.2. The first kappa shape index (κ1) is 24.4. The Hall–Kier alpha value is -4.29. The average Bonchev–Trinajstić information content (AvgIpc) is 2.86. The van der Waals surface area contributed by atoms with Crippen LogP contribution in [-0.4, -0.2) is 39.4 Å². The Balaban J connectivity index is 1.29. The fraction of sp³-hybridized carbons (Fsp3) is 0.292. The van der Waals surface area contributed by atoms with Gasteiger partial charge in [0.1, 0.15) is 28.7 Å². The smallest absolute Gasteiger partial charge is 0.433 e. The van der Waals surface area contributed by atoms with Crippen LogP contribution in [0.1, 0.15) is 30.3 Å². The lowest BCUT2D eigenvalue weighted by Gasteiger charge is -2.39. The molecule has 192 valence electrons. The maximum Gasteiger partial charge on any atom is 0.433 e. The van der Waals surface area contributed by atoms with Gasteiger partial charge in [-0.3, -0.25) is 4.79 Å². The number of hydrogen-bond donors (Lipinski definition) is 1. The topological polar surface area (TPSA) is 96.4 Å². The highest BCUT2D eigenvalue weighted by Gasteiger charge is 2.39. The number of alkyl halides is 3. The number of ether oxygens (including phenoxy) is 1. The predicted molar refractivity (Wildman–Crippen MR) is 126 cm³/mol. The van der Waals surface area contributed by atoms with Crippen molar-refractivity contribution in [2.75, 3.05) is 28.7 Å². The summed E-state index contributed by atoms with van der Waals surface area (Å²) in [5, 5.41) is 3.13. The van der Waals surface area contributed by atoms with Crippen LogP contribution in [0.4, 0.5) is 35.0 Å². The Labute approximate surface area is 208 Å². The second-order valence-electron chi connectivity index (χ2n) is 8.50. The van der Waals surface area contributed by atoms with E-state index in [1.807, 2.05) is 0 Å². The number of rotatable bonds is 5. The zero-order chi connectivity index (χ0) is 26.3. The normalized spacial score (nSPS) is 16.4. The lowest BCUT2D eigenvalue weighted by atomic mass is 10.0. The Kier molecular flexibility index (Phi) is 6.13. The molecule has 0 bridgehead atoms. The molecule has 1 amide bonds. The maximum absolute atomic E-state index is 14.2. The number of nitrogens with one attached hydrogen (secondary N) is 1. The van der Waals surface area contributed by atoms with Crippen LogP contribution in [0.5, 0.6) is 11.6 Å². The van der Waals surface area contributed by atoms with Crippen LogP contribution in [0.2, 0.25) is 0 Å². The monoisotopic (exact) mass is 515 g/mol. The minimum atomic E-state index is -4.53. The molecule has 0 aliphatic carbocycles. The molecule has 0 fully saturated rings. The number of anilines is 3. The third-order valence-electron chi connectivity index (χ3n) is 5.93. The molecular formula is C24H21F4N7O2. The Morgan fingerprint density at radius 3 is 2.59 bits per heavy atom. The molecule has 3 aromatic rings. The van der Waals surface area contributed by atoms with E-state index in [4.69, 9.17) is 4.74 Å². The van der Waals surface area contributed by atoms with E-state index in [-0.39, 0.29) is 17.3 Å². The van der Waals surface area contributed by atoms with Crippen LogP contribution in [0.25, 0.3) is 0 Å². The molecule has 0 aromatic carbocycles. The molecule has 0 atom stereocenters. The van der Waals surface area contributed by atoms with Crippen LogP contribution in [0, 0.1) is 0 Å². The number of hydrogen-bond acceptors (Lipinski definition) is 8. The first-order valence-electron chi connectivity index (χ1n) is 11.3. The van der Waals surface area contributed by atoms with Crippen molar-refractivity contribution in [2.45, 2.75) is 32.5 Å². The number of allylic oxidation sites excluding steroid dienone is 1. The van der Waals surface area contributed by atoms with E-state index in [1.54, 1.807) is 25.4 Å². The van der Waals surface area contributed by atoms with Crippen molar-refractivity contribution in [3.05, 3.63) is 65.1 Å². The van der Waals surface area contributed by atoms with Gasteiger partial charge in [-0.1, -0.05) is 6.07 Å². The van der Waals surface area contributed by atoms with Gasteiger partial charge in [-0.15, -0.1) is 0 Å². The van der Waals surface area contributed by atoms with E-state index < -0.39 is 23.6 Å². The molecule has 1 N–H and O–H groups in total. The highest BCUT2D eigenvalue weighted by atomic mass is 19.4. The number of carbonyl (C=O) groups is 1. The molecule has 2 aliphatic rings. The fourth-order valence-corrected chi connectivity index (χ4v) is 4.21. The van der Waals surface area contributed by atoms with Crippen LogP contribution < -0.4 is 19.9 Å². The summed E-state index contributed by atoms with van der Waals surface area (Å²) in [6.45, 7) is 2.03. The number of pyridine rings is 2. The molecule has 3 aromatic heterocycles. The van der Waals surface area contributed by atoms with Gasteiger partial charge in [0.15, 0.2) is 5.82 Å². The Bertz CT molecular complexity index is 1370. The van der Waals surface area contributed by atoms with E-state index in [1.165, 1.54) is 22.8 Å². The van der Waals surface area contributed by atoms with Gasteiger partial charge in [-0.05, 0) is 37.5 Å². The molecular weight excluding hydrogens is 494 g/mol. The summed E-state index contributed by atoms with van der Waals surface area (Å²) < 4.78 is 57.6. The van der Waals surface area contributed by atoms with Gasteiger partial charge in [0.2, 0.25) is 11.8 Å². The first-order chi connectivity index (χ1) is 17.6. The van der Waals surface area contributed by atoms with Gasteiger partial charge in [-0.25, -0.2) is 19.3 Å². The van der Waals surface area contributed by atoms with Gasteiger partial charge in [0.05, 0.1) is 11.9 Å². The highest BCUT2D eigenvalue weighted by molar-refractivity contribution is 6.13. The van der Waals surface area contributed by atoms with E-state index in [0.717, 1.165) is 17.8 Å². The van der Waals surface area contributed by atoms with Crippen molar-refractivity contribution >= 4 is 23.4 Å². The van der Waals surface area contributed by atoms with Crippen molar-refractivity contribution in [3.63, 3.8) is 0 Å². The second kappa shape index (κ2) is 9.30. The van der Waals surface area contributed by atoms with Crippen molar-refractivity contribution in [3.8, 4) is 11.6 Å². The highest BCUT2D eigenvalue weighted by Crippen LogP contribution is 2.41. The van der Waals surface area contributed by atoms with Crippen LogP contribution >= 0.6 is 0 Å². The minimum Gasteiger partial charge on any atom is -0.437 e. The molecule has 0 unspecified atom stereocenters. The van der Waals surface area contributed by atoms with Gasteiger partial charge < -0.3 is 19.9 Å². The summed E-state index contributed by atoms with van der Waals surface area (Å²) in [4.78, 5) is 32.4. The third kappa shape index (κ3) is 4.76. The molecule has 13 heteroatoms. The minimum absolute atomic E-state index is 0.0481. The number of carbonyl (C=O) groups excluding carboxylic acids is 1.